The SMILES string of the molecule is Oc1ccc(N2CCN(C(=S)NCCCN3CCOCC3)CC2)cc1. The summed E-state index contributed by atoms with van der Waals surface area (Å²) >= 11 is 5.55. The van der Waals surface area contributed by atoms with Crippen LogP contribution in [0.2, 0.25) is 0 Å². The molecule has 0 radical (unpaired) electrons. The number of nitrogens with zero attached hydrogens (tertiary/aromatic N) is 3. The lowest BCUT2D eigenvalue weighted by atomic mass is 10.2. The maximum absolute atomic E-state index is 9.39. The Morgan fingerprint density at radius 2 is 1.72 bits per heavy atom. The minimum absolute atomic E-state index is 0.310. The summed E-state index contributed by atoms with van der Waals surface area (Å²) in [5, 5.41) is 13.7. The zero-order chi connectivity index (χ0) is 17.5. The third kappa shape index (κ3) is 5.45. The first-order chi connectivity index (χ1) is 12.2. The summed E-state index contributed by atoms with van der Waals surface area (Å²) in [6.45, 7) is 9.58. The first-order valence-corrected chi connectivity index (χ1v) is 9.50. The fourth-order valence-corrected chi connectivity index (χ4v) is 3.55. The van der Waals surface area contributed by atoms with Crippen LogP contribution in [0.15, 0.2) is 24.3 Å². The van der Waals surface area contributed by atoms with Crippen LogP contribution in [0.5, 0.6) is 5.75 Å². The Hall–Kier alpha value is -1.57. The van der Waals surface area contributed by atoms with Crippen molar-refractivity contribution in [2.24, 2.45) is 0 Å². The number of rotatable bonds is 5. The van der Waals surface area contributed by atoms with E-state index in [-0.39, 0.29) is 0 Å². The van der Waals surface area contributed by atoms with Gasteiger partial charge in [-0.15, -0.1) is 0 Å². The molecule has 2 N–H and O–H groups in total. The highest BCUT2D eigenvalue weighted by Gasteiger charge is 2.19. The van der Waals surface area contributed by atoms with Gasteiger partial charge in [-0.2, -0.15) is 0 Å². The number of ether oxygens (including phenoxy) is 1. The van der Waals surface area contributed by atoms with Crippen molar-refractivity contribution in [2.75, 3.05) is 70.5 Å². The molecule has 2 saturated heterocycles. The Morgan fingerprint density at radius 1 is 1.04 bits per heavy atom. The fourth-order valence-electron chi connectivity index (χ4n) is 3.27. The van der Waals surface area contributed by atoms with Crippen LogP contribution in [0.3, 0.4) is 0 Å². The number of aromatic hydroxyl groups is 1. The highest BCUT2D eigenvalue weighted by atomic mass is 32.1. The summed E-state index contributed by atoms with van der Waals surface area (Å²) in [4.78, 5) is 7.03. The summed E-state index contributed by atoms with van der Waals surface area (Å²) in [6.07, 6.45) is 1.10. The molecule has 2 aliphatic rings. The molecule has 6 nitrogen and oxygen atoms in total. The second-order valence-corrected chi connectivity index (χ2v) is 6.92. The predicted molar refractivity (Wildman–Crippen MR) is 104 cm³/mol. The van der Waals surface area contributed by atoms with Gasteiger partial charge in [0.05, 0.1) is 13.2 Å². The van der Waals surface area contributed by atoms with E-state index in [0.717, 1.165) is 82.8 Å². The molecule has 0 saturated carbocycles. The molecule has 0 atom stereocenters. The quantitative estimate of drug-likeness (QED) is 0.600. The number of phenols is 1. The van der Waals surface area contributed by atoms with E-state index in [1.807, 2.05) is 12.1 Å². The van der Waals surface area contributed by atoms with E-state index >= 15 is 0 Å². The lowest BCUT2D eigenvalue weighted by molar-refractivity contribution is 0.0376. The van der Waals surface area contributed by atoms with Crippen LogP contribution in [0.25, 0.3) is 0 Å². The highest BCUT2D eigenvalue weighted by Crippen LogP contribution is 2.19. The Bertz CT molecular complexity index is 541. The predicted octanol–water partition coefficient (Wildman–Crippen LogP) is 1.11. The maximum atomic E-state index is 9.39. The van der Waals surface area contributed by atoms with Crippen molar-refractivity contribution < 1.29 is 9.84 Å². The van der Waals surface area contributed by atoms with E-state index in [1.165, 1.54) is 0 Å². The number of hydrogen-bond donors (Lipinski definition) is 2. The molecule has 2 heterocycles. The number of morpholine rings is 1. The maximum Gasteiger partial charge on any atom is 0.169 e. The van der Waals surface area contributed by atoms with Crippen LogP contribution < -0.4 is 10.2 Å². The van der Waals surface area contributed by atoms with Crippen LogP contribution in [-0.4, -0.2) is 85.6 Å². The molecule has 0 amide bonds. The summed E-state index contributed by atoms with van der Waals surface area (Å²) < 4.78 is 5.37. The van der Waals surface area contributed by atoms with Gasteiger partial charge in [0.15, 0.2) is 5.11 Å². The van der Waals surface area contributed by atoms with Crippen LogP contribution >= 0.6 is 12.2 Å². The minimum atomic E-state index is 0.310. The van der Waals surface area contributed by atoms with Crippen molar-refractivity contribution in [1.82, 2.24) is 15.1 Å². The van der Waals surface area contributed by atoms with Crippen molar-refractivity contribution >= 4 is 23.0 Å². The molecule has 138 valence electrons. The molecule has 7 heteroatoms. The van der Waals surface area contributed by atoms with Gasteiger partial charge < -0.3 is 25.0 Å². The number of thiocarbonyl (C=S) groups is 1. The van der Waals surface area contributed by atoms with Crippen LogP contribution in [0.4, 0.5) is 5.69 Å². The summed E-state index contributed by atoms with van der Waals surface area (Å²) in [5.74, 6) is 0.310. The number of phenolic OH excluding ortho intramolecular Hbond substituents is 1. The molecular formula is C18H28N4O2S. The number of piperazine rings is 1. The van der Waals surface area contributed by atoms with E-state index in [4.69, 9.17) is 17.0 Å². The normalized spacial score (nSPS) is 19.0. The van der Waals surface area contributed by atoms with Crippen molar-refractivity contribution in [3.63, 3.8) is 0 Å². The van der Waals surface area contributed by atoms with Gasteiger partial charge in [-0.05, 0) is 49.4 Å². The zero-order valence-corrected chi connectivity index (χ0v) is 15.5. The molecule has 0 bridgehead atoms. The molecule has 2 aliphatic heterocycles. The van der Waals surface area contributed by atoms with Crippen molar-refractivity contribution in [2.45, 2.75) is 6.42 Å². The Labute approximate surface area is 155 Å². The number of nitrogens with one attached hydrogen (secondary N) is 1. The van der Waals surface area contributed by atoms with E-state index in [2.05, 4.69) is 20.0 Å². The Balaban J connectivity index is 1.33. The standard InChI is InChI=1S/C18H28N4O2S/c23-17-4-2-16(3-5-17)21-8-10-22(11-9-21)18(25)19-6-1-7-20-12-14-24-15-13-20/h2-5,23H,1,6-15H2,(H,19,25). The van der Waals surface area contributed by atoms with Crippen LogP contribution in [0, 0.1) is 0 Å². The second-order valence-electron chi connectivity index (χ2n) is 6.53. The van der Waals surface area contributed by atoms with Crippen molar-refractivity contribution in [3.05, 3.63) is 24.3 Å². The molecular weight excluding hydrogens is 336 g/mol. The average molecular weight is 365 g/mol. The van der Waals surface area contributed by atoms with Gasteiger partial charge in [-0.3, -0.25) is 4.90 Å². The first-order valence-electron chi connectivity index (χ1n) is 9.09. The fraction of sp³-hybridized carbons (Fsp3) is 0.611. The lowest BCUT2D eigenvalue weighted by Gasteiger charge is -2.37. The Morgan fingerprint density at radius 3 is 2.40 bits per heavy atom. The van der Waals surface area contributed by atoms with Crippen LogP contribution in [0.1, 0.15) is 6.42 Å². The summed E-state index contributed by atoms with van der Waals surface area (Å²) in [6, 6.07) is 7.41. The molecule has 0 spiro atoms. The van der Waals surface area contributed by atoms with Gasteiger partial charge in [-0.25, -0.2) is 0 Å². The van der Waals surface area contributed by atoms with Gasteiger partial charge in [0, 0.05) is 51.5 Å². The van der Waals surface area contributed by atoms with Gasteiger partial charge in [0.25, 0.3) is 0 Å². The molecule has 1 aromatic rings. The molecule has 3 rings (SSSR count). The van der Waals surface area contributed by atoms with E-state index < -0.39 is 0 Å². The molecule has 0 aliphatic carbocycles. The third-order valence-corrected chi connectivity index (χ3v) is 5.22. The number of anilines is 1. The number of hydrogen-bond acceptors (Lipinski definition) is 5. The minimum Gasteiger partial charge on any atom is -0.508 e. The van der Waals surface area contributed by atoms with Gasteiger partial charge in [0.1, 0.15) is 5.75 Å². The third-order valence-electron chi connectivity index (χ3n) is 4.81. The van der Waals surface area contributed by atoms with Crippen LogP contribution in [-0.2, 0) is 4.74 Å². The molecule has 1 aromatic carbocycles. The van der Waals surface area contributed by atoms with E-state index in [1.54, 1.807) is 12.1 Å². The van der Waals surface area contributed by atoms with Gasteiger partial charge in [-0.1, -0.05) is 0 Å². The van der Waals surface area contributed by atoms with Gasteiger partial charge >= 0.3 is 0 Å². The van der Waals surface area contributed by atoms with Crippen molar-refractivity contribution in [3.8, 4) is 5.75 Å². The first kappa shape index (κ1) is 18.2. The van der Waals surface area contributed by atoms with Crippen molar-refractivity contribution in [1.29, 1.82) is 0 Å². The molecule has 25 heavy (non-hydrogen) atoms. The van der Waals surface area contributed by atoms with E-state index in [9.17, 15) is 5.11 Å². The Kier molecular flexibility index (Phi) is 6.72. The number of benzene rings is 1. The largest absolute Gasteiger partial charge is 0.508 e. The molecule has 2 fully saturated rings. The topological polar surface area (TPSA) is 51.2 Å². The summed E-state index contributed by atoms with van der Waals surface area (Å²) in [7, 11) is 0. The molecule has 0 aromatic heterocycles. The monoisotopic (exact) mass is 364 g/mol. The highest BCUT2D eigenvalue weighted by molar-refractivity contribution is 7.80. The zero-order valence-electron chi connectivity index (χ0n) is 14.7. The average Bonchev–Trinajstić information content (AvgIpc) is 2.67. The smallest absolute Gasteiger partial charge is 0.169 e. The van der Waals surface area contributed by atoms with Gasteiger partial charge in [0.2, 0.25) is 0 Å². The lowest BCUT2D eigenvalue weighted by Crippen LogP contribution is -2.52. The van der Waals surface area contributed by atoms with E-state index in [0.29, 0.717) is 5.75 Å². The summed E-state index contributed by atoms with van der Waals surface area (Å²) in [5.41, 5.74) is 1.15. The second kappa shape index (κ2) is 9.22. The molecule has 0 unspecified atom stereocenters.